The first-order valence-electron chi connectivity index (χ1n) is 5.09. The van der Waals surface area contributed by atoms with Gasteiger partial charge in [0.05, 0.1) is 18.1 Å². The van der Waals surface area contributed by atoms with Crippen LogP contribution >= 0.6 is 0 Å². The molecule has 0 aromatic carbocycles. The Balaban J connectivity index is 2.15. The molecule has 7 heteroatoms. The SMILES string of the molecule is CO[C@H]1COC[C@H]1Oc1ncccc1[N+](=O)[O-]. The van der Waals surface area contributed by atoms with Gasteiger partial charge in [-0.15, -0.1) is 0 Å². The van der Waals surface area contributed by atoms with Gasteiger partial charge in [0.25, 0.3) is 5.88 Å². The van der Waals surface area contributed by atoms with Crippen LogP contribution in [0, 0.1) is 10.1 Å². The highest BCUT2D eigenvalue weighted by molar-refractivity contribution is 5.39. The molecule has 0 spiro atoms. The van der Waals surface area contributed by atoms with E-state index in [0.29, 0.717) is 13.2 Å². The average Bonchev–Trinajstić information content (AvgIpc) is 2.77. The maximum absolute atomic E-state index is 10.8. The fraction of sp³-hybridized carbons (Fsp3) is 0.500. The van der Waals surface area contributed by atoms with Crippen LogP contribution in [-0.2, 0) is 9.47 Å². The van der Waals surface area contributed by atoms with Crippen LogP contribution in [0.2, 0.25) is 0 Å². The third kappa shape index (κ3) is 2.51. The molecule has 92 valence electrons. The average molecular weight is 240 g/mol. The van der Waals surface area contributed by atoms with Crippen molar-refractivity contribution in [1.29, 1.82) is 0 Å². The summed E-state index contributed by atoms with van der Waals surface area (Å²) in [5, 5.41) is 10.8. The van der Waals surface area contributed by atoms with Gasteiger partial charge in [-0.3, -0.25) is 10.1 Å². The molecule has 1 aromatic heterocycles. The van der Waals surface area contributed by atoms with Crippen molar-refractivity contribution in [2.75, 3.05) is 20.3 Å². The van der Waals surface area contributed by atoms with E-state index in [0.717, 1.165) is 0 Å². The van der Waals surface area contributed by atoms with Gasteiger partial charge < -0.3 is 14.2 Å². The summed E-state index contributed by atoms with van der Waals surface area (Å²) >= 11 is 0. The topological polar surface area (TPSA) is 83.7 Å². The monoisotopic (exact) mass is 240 g/mol. The van der Waals surface area contributed by atoms with E-state index in [9.17, 15) is 10.1 Å². The lowest BCUT2D eigenvalue weighted by Gasteiger charge is -2.16. The second kappa shape index (κ2) is 5.07. The summed E-state index contributed by atoms with van der Waals surface area (Å²) < 4.78 is 15.8. The Morgan fingerprint density at radius 3 is 3.00 bits per heavy atom. The first-order valence-corrected chi connectivity index (χ1v) is 5.09. The zero-order chi connectivity index (χ0) is 12.3. The van der Waals surface area contributed by atoms with E-state index in [1.165, 1.54) is 18.3 Å². The largest absolute Gasteiger partial charge is 0.464 e. The van der Waals surface area contributed by atoms with Crippen molar-refractivity contribution < 1.29 is 19.1 Å². The summed E-state index contributed by atoms with van der Waals surface area (Å²) in [6, 6.07) is 2.84. The van der Waals surface area contributed by atoms with Crippen LogP contribution in [0.15, 0.2) is 18.3 Å². The number of nitrogens with zero attached hydrogens (tertiary/aromatic N) is 2. The molecule has 0 bridgehead atoms. The Bertz CT molecular complexity index is 411. The van der Waals surface area contributed by atoms with Crippen molar-refractivity contribution in [3.63, 3.8) is 0 Å². The summed E-state index contributed by atoms with van der Waals surface area (Å²) in [5.74, 6) is -0.00458. The zero-order valence-corrected chi connectivity index (χ0v) is 9.24. The summed E-state index contributed by atoms with van der Waals surface area (Å²) in [4.78, 5) is 14.1. The molecule has 2 heterocycles. The lowest BCUT2D eigenvalue weighted by molar-refractivity contribution is -0.386. The quantitative estimate of drug-likeness (QED) is 0.571. The highest BCUT2D eigenvalue weighted by Gasteiger charge is 2.32. The first kappa shape index (κ1) is 11.7. The predicted molar refractivity (Wildman–Crippen MR) is 56.9 cm³/mol. The molecular weight excluding hydrogens is 228 g/mol. The molecule has 0 unspecified atom stereocenters. The summed E-state index contributed by atoms with van der Waals surface area (Å²) in [6.45, 7) is 0.758. The molecule has 0 radical (unpaired) electrons. The van der Waals surface area contributed by atoms with Gasteiger partial charge in [-0.25, -0.2) is 4.98 Å². The molecule has 1 aromatic rings. The fourth-order valence-electron chi connectivity index (χ4n) is 1.60. The lowest BCUT2D eigenvalue weighted by atomic mass is 10.2. The second-order valence-electron chi connectivity index (χ2n) is 3.55. The number of hydrogen-bond acceptors (Lipinski definition) is 6. The summed E-state index contributed by atoms with van der Waals surface area (Å²) in [5.41, 5.74) is -0.158. The Hall–Kier alpha value is -1.73. The number of nitro groups is 1. The van der Waals surface area contributed by atoms with Gasteiger partial charge in [0.2, 0.25) is 0 Å². The van der Waals surface area contributed by atoms with Gasteiger partial charge in [0, 0.05) is 19.4 Å². The molecule has 2 rings (SSSR count). The number of methoxy groups -OCH3 is 1. The number of rotatable bonds is 4. The van der Waals surface area contributed by atoms with Crippen LogP contribution in [0.5, 0.6) is 5.88 Å². The van der Waals surface area contributed by atoms with Gasteiger partial charge in [0.1, 0.15) is 6.10 Å². The van der Waals surface area contributed by atoms with Gasteiger partial charge in [-0.2, -0.15) is 0 Å². The van der Waals surface area contributed by atoms with E-state index in [1.54, 1.807) is 7.11 Å². The van der Waals surface area contributed by atoms with E-state index >= 15 is 0 Å². The molecule has 1 fully saturated rings. The van der Waals surface area contributed by atoms with Crippen molar-refractivity contribution in [3.8, 4) is 5.88 Å². The van der Waals surface area contributed by atoms with E-state index in [2.05, 4.69) is 4.98 Å². The number of hydrogen-bond donors (Lipinski definition) is 0. The smallest absolute Gasteiger partial charge is 0.330 e. The van der Waals surface area contributed by atoms with Crippen LogP contribution in [0.3, 0.4) is 0 Å². The summed E-state index contributed by atoms with van der Waals surface area (Å²) in [6.07, 6.45) is 0.852. The van der Waals surface area contributed by atoms with Crippen molar-refractivity contribution in [3.05, 3.63) is 28.4 Å². The van der Waals surface area contributed by atoms with Crippen LogP contribution < -0.4 is 4.74 Å². The minimum absolute atomic E-state index is 0.00458. The second-order valence-corrected chi connectivity index (χ2v) is 3.55. The van der Waals surface area contributed by atoms with Gasteiger partial charge in [-0.1, -0.05) is 0 Å². The predicted octanol–water partition coefficient (Wildman–Crippen LogP) is 0.782. The van der Waals surface area contributed by atoms with Crippen molar-refractivity contribution in [2.45, 2.75) is 12.2 Å². The van der Waals surface area contributed by atoms with E-state index in [4.69, 9.17) is 14.2 Å². The van der Waals surface area contributed by atoms with E-state index < -0.39 is 4.92 Å². The molecule has 1 aliphatic rings. The van der Waals surface area contributed by atoms with Crippen molar-refractivity contribution in [1.82, 2.24) is 4.98 Å². The number of pyridine rings is 1. The molecule has 1 saturated heterocycles. The fourth-order valence-corrected chi connectivity index (χ4v) is 1.60. The Labute approximate surface area is 97.5 Å². The van der Waals surface area contributed by atoms with Gasteiger partial charge in [-0.05, 0) is 6.07 Å². The Morgan fingerprint density at radius 2 is 2.29 bits per heavy atom. The first-order chi connectivity index (χ1) is 8.22. The molecular formula is C10H12N2O5. The minimum atomic E-state index is -0.528. The molecule has 0 amide bonds. The van der Waals surface area contributed by atoms with Crippen molar-refractivity contribution >= 4 is 5.69 Å². The molecule has 0 aliphatic carbocycles. The van der Waals surface area contributed by atoms with Crippen LogP contribution in [-0.4, -0.2) is 42.4 Å². The highest BCUT2D eigenvalue weighted by Crippen LogP contribution is 2.26. The number of aromatic nitrogens is 1. The third-order valence-electron chi connectivity index (χ3n) is 2.49. The molecule has 0 N–H and O–H groups in total. The standard InChI is InChI=1S/C10H12N2O5/c1-15-8-5-16-6-9(8)17-10-7(12(13)14)3-2-4-11-10/h2-4,8-9H,5-6H2,1H3/t8-,9+/m0/s1. The van der Waals surface area contributed by atoms with Crippen LogP contribution in [0.1, 0.15) is 0 Å². The molecule has 0 saturated carbocycles. The molecule has 7 nitrogen and oxygen atoms in total. The van der Waals surface area contributed by atoms with Crippen LogP contribution in [0.25, 0.3) is 0 Å². The molecule has 2 atom stereocenters. The third-order valence-corrected chi connectivity index (χ3v) is 2.49. The maximum atomic E-state index is 10.8. The summed E-state index contributed by atoms with van der Waals surface area (Å²) in [7, 11) is 1.54. The Morgan fingerprint density at radius 1 is 1.53 bits per heavy atom. The van der Waals surface area contributed by atoms with Crippen molar-refractivity contribution in [2.24, 2.45) is 0 Å². The normalized spacial score (nSPS) is 23.6. The maximum Gasteiger partial charge on any atom is 0.330 e. The molecule has 17 heavy (non-hydrogen) atoms. The highest BCUT2D eigenvalue weighted by atomic mass is 16.6. The van der Waals surface area contributed by atoms with Gasteiger partial charge in [0.15, 0.2) is 6.10 Å². The Kier molecular flexibility index (Phi) is 3.50. The molecule has 1 aliphatic heterocycles. The van der Waals surface area contributed by atoms with Crippen LogP contribution in [0.4, 0.5) is 5.69 Å². The van der Waals surface area contributed by atoms with E-state index in [1.807, 2.05) is 0 Å². The zero-order valence-electron chi connectivity index (χ0n) is 9.24. The minimum Gasteiger partial charge on any atom is -0.464 e. The van der Waals surface area contributed by atoms with Gasteiger partial charge >= 0.3 is 5.69 Å². The lowest BCUT2D eigenvalue weighted by Crippen LogP contribution is -2.32. The number of ether oxygens (including phenoxy) is 3. The van der Waals surface area contributed by atoms with E-state index in [-0.39, 0.29) is 23.8 Å².